The number of rotatable bonds is 2. The summed E-state index contributed by atoms with van der Waals surface area (Å²) in [5.41, 5.74) is 5.84. The zero-order valence-electron chi connectivity index (χ0n) is 13.1. The minimum Gasteiger partial charge on any atom is -0.495 e. The summed E-state index contributed by atoms with van der Waals surface area (Å²) >= 11 is 0. The van der Waals surface area contributed by atoms with Crippen LogP contribution in [0.2, 0.25) is 0 Å². The molecule has 0 unspecified atom stereocenters. The number of carbonyl (C=O) groups excluding carboxylic acids is 1. The molecule has 0 saturated heterocycles. The number of benzene rings is 1. The van der Waals surface area contributed by atoms with Crippen molar-refractivity contribution in [1.29, 1.82) is 0 Å². The summed E-state index contributed by atoms with van der Waals surface area (Å²) in [4.78, 5) is 16.4. The molecule has 0 saturated carbocycles. The Hall–Kier alpha value is -2.82. The quantitative estimate of drug-likeness (QED) is 0.791. The first-order valence-electron chi connectivity index (χ1n) is 7.62. The lowest BCUT2D eigenvalue weighted by atomic mass is 9.98. The largest absolute Gasteiger partial charge is 0.495 e. The van der Waals surface area contributed by atoms with Gasteiger partial charge in [0.15, 0.2) is 0 Å². The standard InChI is InChI=1S/C18H17N3O2/c1-11-17(19-15-5-3-4-8-21(11)15)13-9-12-6-7-16(22)20-18(12)14(10-13)23-2/h3-5,8-10H,6-7H2,1-2H3,(H,20,22). The Morgan fingerprint density at radius 1 is 1.26 bits per heavy atom. The van der Waals surface area contributed by atoms with Crippen LogP contribution in [0.3, 0.4) is 0 Å². The molecule has 4 rings (SSSR count). The van der Waals surface area contributed by atoms with Crippen LogP contribution in [0.4, 0.5) is 5.69 Å². The molecule has 1 N–H and O–H groups in total. The Balaban J connectivity index is 1.91. The minimum atomic E-state index is 0.0347. The highest BCUT2D eigenvalue weighted by atomic mass is 16.5. The number of aryl methyl sites for hydroxylation is 2. The number of fused-ring (bicyclic) bond motifs is 2. The van der Waals surface area contributed by atoms with Crippen molar-refractivity contribution >= 4 is 17.2 Å². The van der Waals surface area contributed by atoms with Crippen LogP contribution in [0.15, 0.2) is 36.5 Å². The molecule has 5 heteroatoms. The topological polar surface area (TPSA) is 55.6 Å². The first-order chi connectivity index (χ1) is 11.2. The van der Waals surface area contributed by atoms with Gasteiger partial charge in [-0.15, -0.1) is 0 Å². The molecule has 1 aliphatic heterocycles. The zero-order valence-corrected chi connectivity index (χ0v) is 13.1. The van der Waals surface area contributed by atoms with Gasteiger partial charge in [0, 0.05) is 23.9 Å². The molecule has 0 spiro atoms. The van der Waals surface area contributed by atoms with Crippen molar-refractivity contribution in [3.8, 4) is 17.0 Å². The molecule has 2 aromatic heterocycles. The molecule has 116 valence electrons. The van der Waals surface area contributed by atoms with Crippen molar-refractivity contribution in [2.24, 2.45) is 0 Å². The van der Waals surface area contributed by atoms with Gasteiger partial charge < -0.3 is 14.5 Å². The first-order valence-corrected chi connectivity index (χ1v) is 7.62. The third-order valence-corrected chi connectivity index (χ3v) is 4.33. The Morgan fingerprint density at radius 3 is 2.91 bits per heavy atom. The average molecular weight is 307 g/mol. The molecule has 3 heterocycles. The normalized spacial score (nSPS) is 13.7. The number of nitrogens with zero attached hydrogens (tertiary/aromatic N) is 2. The number of nitrogens with one attached hydrogen (secondary N) is 1. The number of aromatic nitrogens is 2. The van der Waals surface area contributed by atoms with Gasteiger partial charge in [-0.25, -0.2) is 4.98 Å². The van der Waals surface area contributed by atoms with Crippen LogP contribution in [0.1, 0.15) is 17.7 Å². The molecule has 1 amide bonds. The fourth-order valence-corrected chi connectivity index (χ4v) is 3.15. The van der Waals surface area contributed by atoms with Gasteiger partial charge in [0.25, 0.3) is 0 Å². The van der Waals surface area contributed by atoms with E-state index in [4.69, 9.17) is 9.72 Å². The summed E-state index contributed by atoms with van der Waals surface area (Å²) in [6.07, 6.45) is 3.23. The number of hydrogen-bond donors (Lipinski definition) is 1. The SMILES string of the molecule is COc1cc(-c2nc3ccccn3c2C)cc2c1NC(=O)CC2. The van der Waals surface area contributed by atoms with E-state index in [1.807, 2.05) is 30.5 Å². The summed E-state index contributed by atoms with van der Waals surface area (Å²) in [6, 6.07) is 10.0. The maximum atomic E-state index is 11.6. The molecule has 5 nitrogen and oxygen atoms in total. The molecule has 0 radical (unpaired) electrons. The molecule has 23 heavy (non-hydrogen) atoms. The molecular weight excluding hydrogens is 290 g/mol. The van der Waals surface area contributed by atoms with E-state index in [1.54, 1.807) is 7.11 Å². The predicted molar refractivity (Wildman–Crippen MR) is 88.9 cm³/mol. The van der Waals surface area contributed by atoms with Gasteiger partial charge in [-0.3, -0.25) is 4.79 Å². The van der Waals surface area contributed by atoms with E-state index in [0.717, 1.165) is 40.3 Å². The van der Waals surface area contributed by atoms with Crippen LogP contribution in [-0.2, 0) is 11.2 Å². The number of methoxy groups -OCH3 is 1. The number of anilines is 1. The molecule has 0 aliphatic carbocycles. The molecule has 0 atom stereocenters. The Labute approximate surface area is 133 Å². The molecule has 0 fully saturated rings. The molecule has 1 aliphatic rings. The van der Waals surface area contributed by atoms with Crippen molar-refractivity contribution in [2.45, 2.75) is 19.8 Å². The molecule has 1 aromatic carbocycles. The van der Waals surface area contributed by atoms with E-state index >= 15 is 0 Å². The number of hydrogen-bond acceptors (Lipinski definition) is 3. The third-order valence-electron chi connectivity index (χ3n) is 4.33. The number of pyridine rings is 1. The maximum Gasteiger partial charge on any atom is 0.224 e. The highest BCUT2D eigenvalue weighted by Crippen LogP contribution is 2.37. The molecular formula is C18H17N3O2. The Morgan fingerprint density at radius 2 is 2.13 bits per heavy atom. The molecule has 3 aromatic rings. The Kier molecular flexibility index (Phi) is 3.08. The fraction of sp³-hybridized carbons (Fsp3) is 0.222. The lowest BCUT2D eigenvalue weighted by Gasteiger charge is -2.20. The minimum absolute atomic E-state index is 0.0347. The van der Waals surface area contributed by atoms with Crippen LogP contribution in [-0.4, -0.2) is 22.4 Å². The van der Waals surface area contributed by atoms with Gasteiger partial charge in [-0.2, -0.15) is 0 Å². The Bertz CT molecular complexity index is 910. The summed E-state index contributed by atoms with van der Waals surface area (Å²) in [6.45, 7) is 2.06. The lowest BCUT2D eigenvalue weighted by Crippen LogP contribution is -2.19. The number of imidazole rings is 1. The van der Waals surface area contributed by atoms with Gasteiger partial charge in [-0.05, 0) is 43.2 Å². The van der Waals surface area contributed by atoms with Crippen molar-refractivity contribution < 1.29 is 9.53 Å². The highest BCUT2D eigenvalue weighted by Gasteiger charge is 2.21. The van der Waals surface area contributed by atoms with E-state index in [9.17, 15) is 4.79 Å². The first kappa shape index (κ1) is 13.8. The third kappa shape index (κ3) is 2.16. The van der Waals surface area contributed by atoms with E-state index in [-0.39, 0.29) is 5.91 Å². The smallest absolute Gasteiger partial charge is 0.224 e. The van der Waals surface area contributed by atoms with E-state index in [1.165, 1.54) is 0 Å². The van der Waals surface area contributed by atoms with Gasteiger partial charge >= 0.3 is 0 Å². The monoisotopic (exact) mass is 307 g/mol. The van der Waals surface area contributed by atoms with Crippen LogP contribution in [0.25, 0.3) is 16.9 Å². The van der Waals surface area contributed by atoms with Gasteiger partial charge in [-0.1, -0.05) is 6.07 Å². The summed E-state index contributed by atoms with van der Waals surface area (Å²) < 4.78 is 7.56. The van der Waals surface area contributed by atoms with Crippen LogP contribution < -0.4 is 10.1 Å². The van der Waals surface area contributed by atoms with Crippen molar-refractivity contribution in [3.63, 3.8) is 0 Å². The highest BCUT2D eigenvalue weighted by molar-refractivity contribution is 5.96. The number of carbonyl (C=O) groups is 1. The predicted octanol–water partition coefficient (Wildman–Crippen LogP) is 3.20. The van der Waals surface area contributed by atoms with Crippen LogP contribution in [0.5, 0.6) is 5.75 Å². The maximum absolute atomic E-state index is 11.6. The van der Waals surface area contributed by atoms with E-state index < -0.39 is 0 Å². The second-order valence-electron chi connectivity index (χ2n) is 5.74. The van der Waals surface area contributed by atoms with Gasteiger partial charge in [0.2, 0.25) is 5.91 Å². The van der Waals surface area contributed by atoms with Gasteiger partial charge in [0.1, 0.15) is 11.4 Å². The fourth-order valence-electron chi connectivity index (χ4n) is 3.15. The van der Waals surface area contributed by atoms with Crippen molar-refractivity contribution in [3.05, 3.63) is 47.8 Å². The van der Waals surface area contributed by atoms with Crippen LogP contribution >= 0.6 is 0 Å². The van der Waals surface area contributed by atoms with Crippen molar-refractivity contribution in [1.82, 2.24) is 9.38 Å². The second kappa shape index (κ2) is 5.12. The average Bonchev–Trinajstić information content (AvgIpc) is 2.91. The van der Waals surface area contributed by atoms with E-state index in [2.05, 4.69) is 22.7 Å². The second-order valence-corrected chi connectivity index (χ2v) is 5.74. The zero-order chi connectivity index (χ0) is 16.0. The summed E-state index contributed by atoms with van der Waals surface area (Å²) in [5.74, 6) is 0.717. The van der Waals surface area contributed by atoms with Crippen LogP contribution in [0, 0.1) is 6.92 Å². The van der Waals surface area contributed by atoms with Crippen molar-refractivity contribution in [2.75, 3.05) is 12.4 Å². The summed E-state index contributed by atoms with van der Waals surface area (Å²) in [5, 5.41) is 2.91. The lowest BCUT2D eigenvalue weighted by molar-refractivity contribution is -0.116. The number of amides is 1. The van der Waals surface area contributed by atoms with E-state index in [0.29, 0.717) is 12.2 Å². The number of ether oxygens (including phenoxy) is 1. The van der Waals surface area contributed by atoms with Gasteiger partial charge in [0.05, 0.1) is 18.5 Å². The molecule has 0 bridgehead atoms. The summed E-state index contributed by atoms with van der Waals surface area (Å²) in [7, 11) is 1.62.